The summed E-state index contributed by atoms with van der Waals surface area (Å²) >= 11 is 1.62. The molecule has 0 spiro atoms. The summed E-state index contributed by atoms with van der Waals surface area (Å²) in [4.78, 5) is 16.5. The lowest BCUT2D eigenvalue weighted by molar-refractivity contribution is 0.0449. The molecular formula is C17H28N2O3S. The molecule has 23 heavy (non-hydrogen) atoms. The third kappa shape index (κ3) is 6.11. The predicted octanol–water partition coefficient (Wildman–Crippen LogP) is 3.30. The number of carbonyl (C=O) groups excluding carboxylic acids is 1. The van der Waals surface area contributed by atoms with Crippen LogP contribution in [0, 0.1) is 18.3 Å². The molecule has 6 heteroatoms. The van der Waals surface area contributed by atoms with Gasteiger partial charge in [-0.3, -0.25) is 0 Å². The summed E-state index contributed by atoms with van der Waals surface area (Å²) in [5.74, 6) is 0.656. The number of hydrogen-bond acceptors (Lipinski definition) is 5. The normalized spacial score (nSPS) is 17.6. The highest BCUT2D eigenvalue weighted by Gasteiger charge is 2.38. The van der Waals surface area contributed by atoms with Crippen molar-refractivity contribution in [1.82, 2.24) is 10.3 Å². The second-order valence-corrected chi connectivity index (χ2v) is 8.66. The summed E-state index contributed by atoms with van der Waals surface area (Å²) in [5, 5.41) is 15.9. The molecule has 1 aliphatic rings. The zero-order valence-corrected chi connectivity index (χ0v) is 15.3. The number of aliphatic hydroxyl groups is 1. The molecule has 1 saturated carbocycles. The number of carbonyl (C=O) groups is 1. The topological polar surface area (TPSA) is 71.5 Å². The van der Waals surface area contributed by atoms with Gasteiger partial charge in [0.15, 0.2) is 0 Å². The minimum atomic E-state index is -0.519. The van der Waals surface area contributed by atoms with Gasteiger partial charge in [0.05, 0.1) is 11.6 Å². The summed E-state index contributed by atoms with van der Waals surface area (Å²) in [5.41, 5.74) is 0.125. The van der Waals surface area contributed by atoms with E-state index in [-0.39, 0.29) is 12.0 Å². The minimum Gasteiger partial charge on any atom is -0.444 e. The first-order valence-electron chi connectivity index (χ1n) is 8.20. The number of thiazole rings is 1. The van der Waals surface area contributed by atoms with Gasteiger partial charge in [0.1, 0.15) is 5.60 Å². The molecule has 2 rings (SSSR count). The van der Waals surface area contributed by atoms with E-state index in [1.54, 1.807) is 11.3 Å². The monoisotopic (exact) mass is 340 g/mol. The van der Waals surface area contributed by atoms with E-state index in [0.717, 1.165) is 17.1 Å². The lowest BCUT2D eigenvalue weighted by Crippen LogP contribution is -2.43. The molecule has 1 fully saturated rings. The van der Waals surface area contributed by atoms with E-state index in [1.807, 2.05) is 33.1 Å². The van der Waals surface area contributed by atoms with Crippen LogP contribution in [-0.4, -0.2) is 34.9 Å². The summed E-state index contributed by atoms with van der Waals surface area (Å²) in [7, 11) is 0. The summed E-state index contributed by atoms with van der Waals surface area (Å²) in [6.45, 7) is 7.95. The summed E-state index contributed by atoms with van der Waals surface area (Å²) in [6.07, 6.45) is 3.60. The van der Waals surface area contributed by atoms with Gasteiger partial charge in [0.2, 0.25) is 0 Å². The van der Waals surface area contributed by atoms with E-state index in [4.69, 9.17) is 4.74 Å². The van der Waals surface area contributed by atoms with E-state index in [0.29, 0.717) is 18.9 Å². The van der Waals surface area contributed by atoms with Gasteiger partial charge < -0.3 is 15.2 Å². The van der Waals surface area contributed by atoms with Crippen LogP contribution in [0.5, 0.6) is 0 Å². The number of aliphatic hydroxyl groups excluding tert-OH is 1. The van der Waals surface area contributed by atoms with Crippen LogP contribution in [0.25, 0.3) is 0 Å². The van der Waals surface area contributed by atoms with E-state index in [1.165, 1.54) is 12.8 Å². The Morgan fingerprint density at radius 1 is 1.48 bits per heavy atom. The van der Waals surface area contributed by atoms with E-state index >= 15 is 0 Å². The Morgan fingerprint density at radius 3 is 2.65 bits per heavy atom. The van der Waals surface area contributed by atoms with Crippen molar-refractivity contribution < 1.29 is 14.6 Å². The van der Waals surface area contributed by atoms with Crippen molar-refractivity contribution in [3.05, 3.63) is 16.1 Å². The van der Waals surface area contributed by atoms with E-state index < -0.39 is 11.7 Å². The van der Waals surface area contributed by atoms with Gasteiger partial charge in [-0.25, -0.2) is 9.78 Å². The van der Waals surface area contributed by atoms with Gasteiger partial charge in [0.25, 0.3) is 0 Å². The molecule has 1 aromatic rings. The Bertz CT molecular complexity index is 534. The van der Waals surface area contributed by atoms with Crippen LogP contribution < -0.4 is 5.32 Å². The number of aryl methyl sites for hydroxylation is 1. The van der Waals surface area contributed by atoms with Crippen molar-refractivity contribution in [3.63, 3.8) is 0 Å². The van der Waals surface area contributed by atoms with Crippen LogP contribution in [0.15, 0.2) is 5.38 Å². The first-order chi connectivity index (χ1) is 10.7. The van der Waals surface area contributed by atoms with Crippen molar-refractivity contribution in [2.75, 3.05) is 13.2 Å². The lowest BCUT2D eigenvalue weighted by Gasteiger charge is -2.32. The van der Waals surface area contributed by atoms with E-state index in [2.05, 4.69) is 10.3 Å². The van der Waals surface area contributed by atoms with Crippen LogP contribution >= 0.6 is 11.3 Å². The quantitative estimate of drug-likeness (QED) is 0.799. The molecule has 1 aromatic heterocycles. The number of aromatic nitrogens is 1. The Hall–Kier alpha value is -1.14. The van der Waals surface area contributed by atoms with Gasteiger partial charge in [-0.2, -0.15) is 0 Å². The zero-order valence-electron chi connectivity index (χ0n) is 14.5. The zero-order chi connectivity index (χ0) is 17.1. The molecule has 0 aliphatic heterocycles. The third-order valence-corrected chi connectivity index (χ3v) is 4.92. The number of rotatable bonds is 7. The molecular weight excluding hydrogens is 312 g/mol. The smallest absolute Gasteiger partial charge is 0.407 e. The summed E-state index contributed by atoms with van der Waals surface area (Å²) in [6, 6.07) is 0. The average molecular weight is 340 g/mol. The van der Waals surface area contributed by atoms with Crippen LogP contribution in [0.1, 0.15) is 50.7 Å². The highest BCUT2D eigenvalue weighted by Crippen LogP contribution is 2.42. The van der Waals surface area contributed by atoms with Crippen LogP contribution in [0.4, 0.5) is 4.79 Å². The molecule has 1 heterocycles. The van der Waals surface area contributed by atoms with Gasteiger partial charge in [-0.1, -0.05) is 12.8 Å². The maximum atomic E-state index is 12.0. The lowest BCUT2D eigenvalue weighted by atomic mass is 9.80. The van der Waals surface area contributed by atoms with Crippen molar-refractivity contribution in [2.24, 2.45) is 11.3 Å². The van der Waals surface area contributed by atoms with Crippen LogP contribution in [-0.2, 0) is 11.2 Å². The average Bonchev–Trinajstić information content (AvgIpc) is 3.15. The second kappa shape index (κ2) is 7.18. The predicted molar refractivity (Wildman–Crippen MR) is 91.7 cm³/mol. The maximum absolute atomic E-state index is 12.0. The number of ether oxygens (including phenoxy) is 1. The van der Waals surface area contributed by atoms with Crippen molar-refractivity contribution >= 4 is 17.4 Å². The molecule has 5 nitrogen and oxygen atoms in total. The Balaban J connectivity index is 2.01. The number of amides is 1. The largest absolute Gasteiger partial charge is 0.444 e. The Morgan fingerprint density at radius 2 is 2.17 bits per heavy atom. The van der Waals surface area contributed by atoms with Crippen LogP contribution in [0.2, 0.25) is 0 Å². The molecule has 130 valence electrons. The molecule has 0 radical (unpaired) electrons. The molecule has 1 aliphatic carbocycles. The minimum absolute atomic E-state index is 0.0396. The SMILES string of the molecule is Cc1csc(CC(CO)(CNC(=O)OC(C)(C)C)CC2CC2)n1. The van der Waals surface area contributed by atoms with Crippen molar-refractivity contribution in [2.45, 2.75) is 59.0 Å². The maximum Gasteiger partial charge on any atom is 0.407 e. The highest BCUT2D eigenvalue weighted by molar-refractivity contribution is 7.09. The standard InChI is InChI=1S/C17H28N2O3S/c1-12-9-23-14(19-12)8-17(11-20,7-13-5-6-13)10-18-15(21)22-16(2,3)4/h9,13,20H,5-8,10-11H2,1-4H3,(H,18,21). The highest BCUT2D eigenvalue weighted by atomic mass is 32.1. The molecule has 0 saturated heterocycles. The van der Waals surface area contributed by atoms with Gasteiger partial charge in [0, 0.05) is 29.5 Å². The molecule has 0 bridgehead atoms. The Kier molecular flexibility index (Phi) is 5.68. The van der Waals surface area contributed by atoms with Crippen molar-refractivity contribution in [1.29, 1.82) is 0 Å². The fourth-order valence-electron chi connectivity index (χ4n) is 2.70. The Labute approximate surface area is 142 Å². The molecule has 2 N–H and O–H groups in total. The van der Waals surface area contributed by atoms with Crippen LogP contribution in [0.3, 0.4) is 0 Å². The van der Waals surface area contributed by atoms with Crippen molar-refractivity contribution in [3.8, 4) is 0 Å². The number of nitrogens with zero attached hydrogens (tertiary/aromatic N) is 1. The second-order valence-electron chi connectivity index (χ2n) is 7.72. The molecule has 1 unspecified atom stereocenters. The van der Waals surface area contributed by atoms with Gasteiger partial charge in [-0.05, 0) is 40.0 Å². The fraction of sp³-hybridized carbons (Fsp3) is 0.765. The first-order valence-corrected chi connectivity index (χ1v) is 9.08. The number of alkyl carbamates (subject to hydrolysis) is 1. The molecule has 1 atom stereocenters. The van der Waals surface area contributed by atoms with E-state index in [9.17, 15) is 9.90 Å². The fourth-order valence-corrected chi connectivity index (χ4v) is 3.64. The summed E-state index contributed by atoms with van der Waals surface area (Å²) < 4.78 is 5.31. The van der Waals surface area contributed by atoms with Gasteiger partial charge in [-0.15, -0.1) is 11.3 Å². The number of nitrogens with one attached hydrogen (secondary N) is 1. The third-order valence-electron chi connectivity index (χ3n) is 3.95. The van der Waals surface area contributed by atoms with Gasteiger partial charge >= 0.3 is 6.09 Å². The first kappa shape index (κ1) is 18.2. The molecule has 0 aromatic carbocycles. The molecule has 1 amide bonds. The number of hydrogen-bond donors (Lipinski definition) is 2.